The second-order valence-corrected chi connectivity index (χ2v) is 7.24. The number of aliphatic hydroxyl groups is 1. The van der Waals surface area contributed by atoms with Crippen LogP contribution in [0.2, 0.25) is 0 Å². The molecule has 7 nitrogen and oxygen atoms in total. The predicted molar refractivity (Wildman–Crippen MR) is 113 cm³/mol. The molecule has 2 rings (SSSR count). The number of nitrogens with zero attached hydrogens (tertiary/aromatic N) is 2. The topological polar surface area (TPSA) is 78.4 Å². The second-order valence-electron chi connectivity index (χ2n) is 7.24. The maximum atomic E-state index is 12.9. The third-order valence-electron chi connectivity index (χ3n) is 4.81. The fraction of sp³-hybridized carbons (Fsp3) is 0.667. The Hall–Kier alpha value is -1.90. The van der Waals surface area contributed by atoms with Gasteiger partial charge in [-0.05, 0) is 50.5 Å². The molecule has 8 heteroatoms. The lowest BCUT2D eigenvalue weighted by Crippen LogP contribution is -2.49. The van der Waals surface area contributed by atoms with Crippen LogP contribution in [-0.2, 0) is 4.74 Å². The molecule has 0 spiro atoms. The highest BCUT2D eigenvalue weighted by atomic mass is 19.1. The van der Waals surface area contributed by atoms with E-state index in [0.717, 1.165) is 52.0 Å². The molecule has 1 saturated heterocycles. The molecule has 0 saturated carbocycles. The van der Waals surface area contributed by atoms with Gasteiger partial charge < -0.3 is 30.1 Å². The maximum Gasteiger partial charge on any atom is 0.191 e. The van der Waals surface area contributed by atoms with E-state index in [2.05, 4.69) is 20.5 Å². The number of rotatable bonds is 11. The number of guanidine groups is 1. The van der Waals surface area contributed by atoms with Gasteiger partial charge in [0.25, 0.3) is 0 Å². The summed E-state index contributed by atoms with van der Waals surface area (Å²) in [5.41, 5.74) is 0. The molecule has 1 aromatic rings. The molecule has 1 aromatic carbocycles. The highest BCUT2D eigenvalue weighted by Crippen LogP contribution is 2.12. The van der Waals surface area contributed by atoms with Crippen LogP contribution in [0.15, 0.2) is 29.3 Å². The molecule has 0 amide bonds. The Kier molecular flexibility index (Phi) is 10.8. The number of likely N-dealkylation sites (tertiary alicyclic amines) is 1. The largest absolute Gasteiger partial charge is 0.491 e. The van der Waals surface area contributed by atoms with Crippen LogP contribution < -0.4 is 15.4 Å². The first-order valence-corrected chi connectivity index (χ1v) is 10.4. The van der Waals surface area contributed by atoms with Crippen LogP contribution in [0.4, 0.5) is 4.39 Å². The first-order chi connectivity index (χ1) is 14.1. The van der Waals surface area contributed by atoms with E-state index in [1.807, 2.05) is 6.92 Å². The van der Waals surface area contributed by atoms with Crippen LogP contribution in [0.25, 0.3) is 0 Å². The predicted octanol–water partition coefficient (Wildman–Crippen LogP) is 1.62. The van der Waals surface area contributed by atoms with Crippen LogP contribution >= 0.6 is 0 Å². The minimum absolute atomic E-state index is 0.106. The smallest absolute Gasteiger partial charge is 0.191 e. The number of benzene rings is 1. The van der Waals surface area contributed by atoms with Gasteiger partial charge in [-0.25, -0.2) is 4.39 Å². The van der Waals surface area contributed by atoms with Gasteiger partial charge in [0.2, 0.25) is 0 Å². The van der Waals surface area contributed by atoms with Crippen molar-refractivity contribution in [2.45, 2.75) is 38.3 Å². The molecule has 1 fully saturated rings. The molecule has 1 aliphatic heterocycles. The zero-order valence-electron chi connectivity index (χ0n) is 17.6. The lowest BCUT2D eigenvalue weighted by Gasteiger charge is -2.33. The molecule has 1 aliphatic rings. The third-order valence-corrected chi connectivity index (χ3v) is 4.81. The number of hydrogen-bond acceptors (Lipinski definition) is 5. The van der Waals surface area contributed by atoms with Gasteiger partial charge >= 0.3 is 0 Å². The Labute approximate surface area is 173 Å². The van der Waals surface area contributed by atoms with Crippen molar-refractivity contribution in [1.29, 1.82) is 0 Å². The van der Waals surface area contributed by atoms with Gasteiger partial charge in [0.15, 0.2) is 5.96 Å². The molecular formula is C21H35FN4O3. The van der Waals surface area contributed by atoms with Gasteiger partial charge in [0.1, 0.15) is 24.3 Å². The second kappa shape index (κ2) is 13.3. The number of nitrogens with one attached hydrogen (secondary N) is 2. The molecule has 164 valence electrons. The lowest BCUT2D eigenvalue weighted by molar-refractivity contribution is 0.114. The number of methoxy groups -OCH3 is 1. The lowest BCUT2D eigenvalue weighted by atomic mass is 10.1. The van der Waals surface area contributed by atoms with Crippen molar-refractivity contribution >= 4 is 5.96 Å². The molecule has 1 heterocycles. The highest BCUT2D eigenvalue weighted by Gasteiger charge is 2.19. The Morgan fingerprint density at radius 1 is 1.31 bits per heavy atom. The van der Waals surface area contributed by atoms with Crippen LogP contribution in [0, 0.1) is 5.82 Å². The summed E-state index contributed by atoms with van der Waals surface area (Å²) in [6.45, 7) is 7.12. The number of piperidine rings is 1. The van der Waals surface area contributed by atoms with Crippen molar-refractivity contribution in [1.82, 2.24) is 15.5 Å². The zero-order valence-corrected chi connectivity index (χ0v) is 17.6. The maximum absolute atomic E-state index is 12.9. The summed E-state index contributed by atoms with van der Waals surface area (Å²) in [4.78, 5) is 6.96. The van der Waals surface area contributed by atoms with Crippen molar-refractivity contribution in [2.24, 2.45) is 4.99 Å². The van der Waals surface area contributed by atoms with Crippen LogP contribution in [0.5, 0.6) is 5.75 Å². The normalized spacial score (nSPS) is 17.2. The van der Waals surface area contributed by atoms with E-state index in [1.54, 1.807) is 19.2 Å². The van der Waals surface area contributed by atoms with Crippen molar-refractivity contribution in [2.75, 3.05) is 53.0 Å². The number of hydrogen-bond donors (Lipinski definition) is 3. The average molecular weight is 411 g/mol. The average Bonchev–Trinajstić information content (AvgIpc) is 2.73. The molecule has 29 heavy (non-hydrogen) atoms. The molecule has 3 N–H and O–H groups in total. The first kappa shape index (κ1) is 23.4. The number of aliphatic hydroxyl groups excluding tert-OH is 1. The van der Waals surface area contributed by atoms with E-state index >= 15 is 0 Å². The fourth-order valence-electron chi connectivity index (χ4n) is 3.22. The summed E-state index contributed by atoms with van der Waals surface area (Å²) < 4.78 is 23.5. The summed E-state index contributed by atoms with van der Waals surface area (Å²) in [6, 6.07) is 6.11. The fourth-order valence-corrected chi connectivity index (χ4v) is 3.22. The minimum Gasteiger partial charge on any atom is -0.491 e. The highest BCUT2D eigenvalue weighted by molar-refractivity contribution is 5.80. The van der Waals surface area contributed by atoms with Gasteiger partial charge in [-0.1, -0.05) is 0 Å². The van der Waals surface area contributed by atoms with Gasteiger partial charge in [0.05, 0.1) is 6.54 Å². The van der Waals surface area contributed by atoms with Crippen LogP contribution in [0.3, 0.4) is 0 Å². The van der Waals surface area contributed by atoms with Crippen LogP contribution in [-0.4, -0.2) is 81.2 Å². The van der Waals surface area contributed by atoms with Crippen LogP contribution in [0.1, 0.15) is 26.2 Å². The van der Waals surface area contributed by atoms with Crippen molar-refractivity contribution in [3.05, 3.63) is 30.1 Å². The van der Waals surface area contributed by atoms with Crippen molar-refractivity contribution in [3.8, 4) is 5.75 Å². The van der Waals surface area contributed by atoms with Crippen molar-refractivity contribution in [3.63, 3.8) is 0 Å². The summed E-state index contributed by atoms with van der Waals surface area (Å²) in [7, 11) is 1.74. The van der Waals surface area contributed by atoms with E-state index in [1.165, 1.54) is 12.1 Å². The number of ether oxygens (including phenoxy) is 2. The monoisotopic (exact) mass is 410 g/mol. The van der Waals surface area contributed by atoms with E-state index in [0.29, 0.717) is 17.8 Å². The summed E-state index contributed by atoms with van der Waals surface area (Å²) in [5, 5.41) is 16.9. The molecule has 1 unspecified atom stereocenters. The van der Waals surface area contributed by atoms with E-state index < -0.39 is 6.10 Å². The molecule has 1 atom stereocenters. The molecule has 0 aliphatic carbocycles. The quantitative estimate of drug-likeness (QED) is 0.292. The third kappa shape index (κ3) is 9.43. The minimum atomic E-state index is -0.738. The standard InChI is InChI=1S/C21H35FN4O3/c1-3-23-21(25-18-9-12-26(13-10-18)11-4-14-28-2)24-15-19(27)16-29-20-7-5-17(22)6-8-20/h5-8,18-19,27H,3-4,9-16H2,1-2H3,(H2,23,24,25). The Balaban J connectivity index is 1.72. The Morgan fingerprint density at radius 2 is 2.03 bits per heavy atom. The van der Waals surface area contributed by atoms with E-state index in [9.17, 15) is 9.50 Å². The summed E-state index contributed by atoms with van der Waals surface area (Å²) >= 11 is 0. The Bertz CT molecular complexity index is 592. The Morgan fingerprint density at radius 3 is 2.69 bits per heavy atom. The zero-order chi connectivity index (χ0) is 20.9. The SMILES string of the molecule is CCNC(=NCC(O)COc1ccc(F)cc1)NC1CCN(CCCOC)CC1. The summed E-state index contributed by atoms with van der Waals surface area (Å²) in [6.07, 6.45) is 2.45. The van der Waals surface area contributed by atoms with Gasteiger partial charge in [-0.3, -0.25) is 4.99 Å². The molecule has 0 bridgehead atoms. The number of aliphatic imine (C=N–C) groups is 1. The van der Waals surface area contributed by atoms with Gasteiger partial charge in [-0.15, -0.1) is 0 Å². The van der Waals surface area contributed by atoms with Gasteiger partial charge in [-0.2, -0.15) is 0 Å². The van der Waals surface area contributed by atoms with E-state index in [4.69, 9.17) is 9.47 Å². The first-order valence-electron chi connectivity index (χ1n) is 10.4. The molecule has 0 radical (unpaired) electrons. The number of halogens is 1. The molecule has 0 aromatic heterocycles. The molecular weight excluding hydrogens is 375 g/mol. The van der Waals surface area contributed by atoms with Gasteiger partial charge in [0, 0.05) is 45.9 Å². The van der Waals surface area contributed by atoms with E-state index in [-0.39, 0.29) is 19.0 Å². The van der Waals surface area contributed by atoms with Crippen molar-refractivity contribution < 1.29 is 19.0 Å². The summed E-state index contributed by atoms with van der Waals surface area (Å²) in [5.74, 6) is 0.924.